The number of hydrogen-bond acceptors (Lipinski definition) is 3. The van der Waals surface area contributed by atoms with Gasteiger partial charge in [-0.25, -0.2) is 9.78 Å². The predicted molar refractivity (Wildman–Crippen MR) is 84.0 cm³/mol. The van der Waals surface area contributed by atoms with Crippen LogP contribution in [-0.2, 0) is 0 Å². The van der Waals surface area contributed by atoms with Crippen molar-refractivity contribution >= 4 is 22.6 Å². The van der Waals surface area contributed by atoms with Crippen molar-refractivity contribution in [3.05, 3.63) is 36.0 Å². The lowest BCUT2D eigenvalue weighted by molar-refractivity contribution is 0.0698. The molecule has 4 nitrogen and oxygen atoms in total. The van der Waals surface area contributed by atoms with Crippen LogP contribution in [0.15, 0.2) is 30.5 Å². The van der Waals surface area contributed by atoms with E-state index < -0.39 is 5.97 Å². The third kappa shape index (κ3) is 2.58. The summed E-state index contributed by atoms with van der Waals surface area (Å²) in [4.78, 5) is 18.2. The first-order valence-electron chi connectivity index (χ1n) is 7.56. The van der Waals surface area contributed by atoms with Crippen LogP contribution in [0.3, 0.4) is 0 Å². The summed E-state index contributed by atoms with van der Waals surface area (Å²) < 4.78 is 0. The highest BCUT2D eigenvalue weighted by molar-refractivity contribution is 6.06. The number of carboxylic acids is 1. The number of hydrogen-bond donors (Lipinski definition) is 1. The molecule has 0 aliphatic carbocycles. The van der Waals surface area contributed by atoms with Gasteiger partial charge in [0.05, 0.1) is 5.56 Å². The smallest absolute Gasteiger partial charge is 0.337 e. The summed E-state index contributed by atoms with van der Waals surface area (Å²) in [5, 5.41) is 11.0. The monoisotopic (exact) mass is 284 g/mol. The highest BCUT2D eigenvalue weighted by Gasteiger charge is 2.21. The van der Waals surface area contributed by atoms with E-state index in [0.29, 0.717) is 6.04 Å². The Kier molecular flexibility index (Phi) is 3.78. The van der Waals surface area contributed by atoms with Crippen molar-refractivity contribution in [3.63, 3.8) is 0 Å². The Morgan fingerprint density at radius 2 is 2.00 bits per heavy atom. The molecule has 2 heterocycles. The summed E-state index contributed by atoms with van der Waals surface area (Å²) >= 11 is 0. The van der Waals surface area contributed by atoms with Crippen LogP contribution in [0.1, 0.15) is 43.0 Å². The first kappa shape index (κ1) is 13.9. The molecule has 1 unspecified atom stereocenters. The third-order valence-electron chi connectivity index (χ3n) is 4.33. The molecule has 110 valence electrons. The fourth-order valence-electron chi connectivity index (χ4n) is 3.17. The second kappa shape index (κ2) is 5.72. The number of pyridine rings is 1. The maximum Gasteiger partial charge on any atom is 0.337 e. The lowest BCUT2D eigenvalue weighted by atomic mass is 10.1. The van der Waals surface area contributed by atoms with Crippen LogP contribution in [0.25, 0.3) is 10.8 Å². The van der Waals surface area contributed by atoms with Gasteiger partial charge in [0.15, 0.2) is 0 Å². The van der Waals surface area contributed by atoms with Crippen LogP contribution in [0, 0.1) is 0 Å². The van der Waals surface area contributed by atoms with Gasteiger partial charge >= 0.3 is 5.97 Å². The van der Waals surface area contributed by atoms with E-state index in [1.807, 2.05) is 24.3 Å². The van der Waals surface area contributed by atoms with Gasteiger partial charge in [-0.1, -0.05) is 37.1 Å². The molecule has 0 spiro atoms. The quantitative estimate of drug-likeness (QED) is 0.913. The van der Waals surface area contributed by atoms with E-state index in [2.05, 4.69) is 16.8 Å². The SMILES string of the molecule is CC1CCCCCN1c1ncc(C(=O)O)c2ccccc12. The molecular weight excluding hydrogens is 264 g/mol. The maximum absolute atomic E-state index is 11.4. The molecule has 0 saturated carbocycles. The summed E-state index contributed by atoms with van der Waals surface area (Å²) in [6.45, 7) is 3.22. The Morgan fingerprint density at radius 1 is 1.24 bits per heavy atom. The second-order valence-electron chi connectivity index (χ2n) is 5.74. The van der Waals surface area contributed by atoms with Crippen molar-refractivity contribution in [3.8, 4) is 0 Å². The Bertz CT molecular complexity index is 669. The van der Waals surface area contributed by atoms with Gasteiger partial charge in [-0.15, -0.1) is 0 Å². The lowest BCUT2D eigenvalue weighted by Gasteiger charge is -2.29. The number of aromatic nitrogens is 1. The van der Waals surface area contributed by atoms with Gasteiger partial charge in [-0.05, 0) is 19.8 Å². The molecule has 4 heteroatoms. The van der Waals surface area contributed by atoms with E-state index >= 15 is 0 Å². The Hall–Kier alpha value is -2.10. The second-order valence-corrected chi connectivity index (χ2v) is 5.74. The Morgan fingerprint density at radius 3 is 2.76 bits per heavy atom. The van der Waals surface area contributed by atoms with Gasteiger partial charge < -0.3 is 10.0 Å². The Labute approximate surface area is 124 Å². The summed E-state index contributed by atoms with van der Waals surface area (Å²) in [5.74, 6) is -0.000773. The van der Waals surface area contributed by atoms with Gasteiger partial charge in [-0.2, -0.15) is 0 Å². The van der Waals surface area contributed by atoms with Gasteiger partial charge in [0, 0.05) is 29.6 Å². The van der Waals surface area contributed by atoms with Gasteiger partial charge in [-0.3, -0.25) is 0 Å². The molecule has 1 aliphatic heterocycles. The zero-order chi connectivity index (χ0) is 14.8. The minimum Gasteiger partial charge on any atom is -0.478 e. The highest BCUT2D eigenvalue weighted by Crippen LogP contribution is 2.30. The van der Waals surface area contributed by atoms with Crippen LogP contribution >= 0.6 is 0 Å². The van der Waals surface area contributed by atoms with E-state index in [9.17, 15) is 9.90 Å². The standard InChI is InChI=1S/C17H20N2O2/c1-12-7-3-2-6-10-19(12)16-14-9-5-4-8-13(14)15(11-18-16)17(20)21/h4-5,8-9,11-12H,2-3,6-7,10H2,1H3,(H,20,21). The molecule has 1 fully saturated rings. The van der Waals surface area contributed by atoms with Gasteiger partial charge in [0.25, 0.3) is 0 Å². The predicted octanol–water partition coefficient (Wildman–Crippen LogP) is 3.70. The summed E-state index contributed by atoms with van der Waals surface area (Å²) in [6, 6.07) is 8.11. The normalized spacial score (nSPS) is 19.5. The third-order valence-corrected chi connectivity index (χ3v) is 4.33. The number of carboxylic acid groups (broad SMARTS) is 1. The van der Waals surface area contributed by atoms with Crippen molar-refractivity contribution in [1.29, 1.82) is 0 Å². The van der Waals surface area contributed by atoms with Gasteiger partial charge in [0.1, 0.15) is 5.82 Å². The zero-order valence-corrected chi connectivity index (χ0v) is 12.2. The van der Waals surface area contributed by atoms with Crippen LogP contribution in [0.4, 0.5) is 5.82 Å². The molecular formula is C17H20N2O2. The average Bonchev–Trinajstić information content (AvgIpc) is 2.70. The minimum absolute atomic E-state index is 0.275. The Balaban J connectivity index is 2.15. The number of carbonyl (C=O) groups is 1. The fourth-order valence-corrected chi connectivity index (χ4v) is 3.17. The topological polar surface area (TPSA) is 53.4 Å². The van der Waals surface area contributed by atoms with E-state index in [1.165, 1.54) is 25.5 Å². The molecule has 2 aromatic rings. The van der Waals surface area contributed by atoms with E-state index in [1.54, 1.807) is 0 Å². The summed E-state index contributed by atoms with van der Waals surface area (Å²) in [7, 11) is 0. The molecule has 1 aliphatic rings. The number of fused-ring (bicyclic) bond motifs is 1. The summed E-state index contributed by atoms with van der Waals surface area (Å²) in [5.41, 5.74) is 0.275. The van der Waals surface area contributed by atoms with Crippen LogP contribution in [0.5, 0.6) is 0 Å². The number of rotatable bonds is 2. The lowest BCUT2D eigenvalue weighted by Crippen LogP contribution is -2.33. The summed E-state index contributed by atoms with van der Waals surface area (Å²) in [6.07, 6.45) is 6.34. The molecule has 3 rings (SSSR count). The molecule has 1 aromatic heterocycles. The first-order chi connectivity index (χ1) is 10.2. The molecule has 1 aromatic carbocycles. The van der Waals surface area contributed by atoms with Crippen LogP contribution in [0.2, 0.25) is 0 Å². The molecule has 0 amide bonds. The van der Waals surface area contributed by atoms with Crippen molar-refractivity contribution < 1.29 is 9.90 Å². The molecule has 1 atom stereocenters. The zero-order valence-electron chi connectivity index (χ0n) is 12.2. The average molecular weight is 284 g/mol. The molecule has 21 heavy (non-hydrogen) atoms. The highest BCUT2D eigenvalue weighted by atomic mass is 16.4. The number of nitrogens with zero attached hydrogens (tertiary/aromatic N) is 2. The fraction of sp³-hybridized carbons (Fsp3) is 0.412. The minimum atomic E-state index is -0.922. The van der Waals surface area contributed by atoms with E-state index in [4.69, 9.17) is 0 Å². The van der Waals surface area contributed by atoms with E-state index in [-0.39, 0.29) is 5.56 Å². The van der Waals surface area contributed by atoms with Crippen molar-refractivity contribution in [2.45, 2.75) is 38.6 Å². The van der Waals surface area contributed by atoms with Crippen molar-refractivity contribution in [2.24, 2.45) is 0 Å². The molecule has 1 saturated heterocycles. The maximum atomic E-state index is 11.4. The van der Waals surface area contributed by atoms with Crippen LogP contribution in [-0.4, -0.2) is 28.6 Å². The number of aromatic carboxylic acids is 1. The van der Waals surface area contributed by atoms with Gasteiger partial charge in [0.2, 0.25) is 0 Å². The first-order valence-corrected chi connectivity index (χ1v) is 7.56. The molecule has 0 radical (unpaired) electrons. The van der Waals surface area contributed by atoms with Crippen molar-refractivity contribution in [2.75, 3.05) is 11.4 Å². The van der Waals surface area contributed by atoms with E-state index in [0.717, 1.165) is 29.6 Å². The number of benzene rings is 1. The molecule has 0 bridgehead atoms. The van der Waals surface area contributed by atoms with Crippen molar-refractivity contribution in [1.82, 2.24) is 4.98 Å². The molecule has 1 N–H and O–H groups in total. The van der Waals surface area contributed by atoms with Crippen LogP contribution < -0.4 is 4.90 Å². The number of anilines is 1. The largest absolute Gasteiger partial charge is 0.478 e.